The lowest BCUT2D eigenvalue weighted by Crippen LogP contribution is -2.80. The molecule has 2 aliphatic heterocycles. The zero-order chi connectivity index (χ0) is 18.3. The van der Waals surface area contributed by atoms with Gasteiger partial charge in [0.05, 0.1) is 18.1 Å². The molecule has 2 heterocycles. The first-order valence-corrected chi connectivity index (χ1v) is 9.72. The van der Waals surface area contributed by atoms with E-state index in [0.29, 0.717) is 13.0 Å². The number of piperidine rings is 1. The number of benzene rings is 1. The second kappa shape index (κ2) is 5.02. The quantitative estimate of drug-likeness (QED) is 0.832. The van der Waals surface area contributed by atoms with Gasteiger partial charge in [0.15, 0.2) is 22.9 Å². The van der Waals surface area contributed by atoms with Crippen LogP contribution >= 0.6 is 0 Å². The molecule has 0 aromatic heterocycles. The van der Waals surface area contributed by atoms with E-state index in [0.717, 1.165) is 37.3 Å². The van der Waals surface area contributed by atoms with E-state index in [2.05, 4.69) is 24.9 Å². The first-order chi connectivity index (χ1) is 12.4. The Morgan fingerprint density at radius 2 is 2.15 bits per heavy atom. The summed E-state index contributed by atoms with van der Waals surface area (Å²) in [6.45, 7) is 5.65. The lowest BCUT2D eigenvalue weighted by atomic mass is 9.45. The molecule has 2 fully saturated rings. The third-order valence-electron chi connectivity index (χ3n) is 7.68. The molecule has 0 amide bonds. The van der Waals surface area contributed by atoms with Crippen LogP contribution in [0.4, 0.5) is 0 Å². The SMILES string of the molecule is CCO[C@@]12CCC(=O)C3(C)Oc4c(OC)ccc5c4[C@@]31CCN(C)[C@@H]2C5. The van der Waals surface area contributed by atoms with Crippen LogP contribution in [-0.4, -0.2) is 55.2 Å². The van der Waals surface area contributed by atoms with Crippen LogP contribution < -0.4 is 9.47 Å². The Bertz CT molecular complexity index is 807. The van der Waals surface area contributed by atoms with Crippen molar-refractivity contribution in [1.82, 2.24) is 4.90 Å². The summed E-state index contributed by atoms with van der Waals surface area (Å²) in [5.41, 5.74) is 0.768. The van der Waals surface area contributed by atoms with Crippen LogP contribution in [0.15, 0.2) is 12.1 Å². The van der Waals surface area contributed by atoms with E-state index < -0.39 is 11.0 Å². The second-order valence-corrected chi connectivity index (χ2v) is 8.37. The monoisotopic (exact) mass is 357 g/mol. The van der Waals surface area contributed by atoms with Crippen molar-refractivity contribution in [2.45, 2.75) is 62.2 Å². The smallest absolute Gasteiger partial charge is 0.177 e. The summed E-state index contributed by atoms with van der Waals surface area (Å²) in [7, 11) is 3.86. The van der Waals surface area contributed by atoms with Gasteiger partial charge in [-0.25, -0.2) is 0 Å². The maximum absolute atomic E-state index is 13.2. The van der Waals surface area contributed by atoms with Gasteiger partial charge in [0.25, 0.3) is 0 Å². The lowest BCUT2D eigenvalue weighted by molar-refractivity contribution is -0.226. The molecule has 4 aliphatic rings. The van der Waals surface area contributed by atoms with Crippen molar-refractivity contribution in [3.8, 4) is 11.5 Å². The number of hydrogen-bond acceptors (Lipinski definition) is 5. The highest BCUT2D eigenvalue weighted by molar-refractivity contribution is 5.94. The zero-order valence-corrected chi connectivity index (χ0v) is 16.1. The Balaban J connectivity index is 1.89. The molecule has 1 unspecified atom stereocenters. The van der Waals surface area contributed by atoms with Gasteiger partial charge < -0.3 is 19.1 Å². The summed E-state index contributed by atoms with van der Waals surface area (Å²) in [5.74, 6) is 1.70. The van der Waals surface area contributed by atoms with Gasteiger partial charge in [0, 0.05) is 24.6 Å². The van der Waals surface area contributed by atoms with Crippen molar-refractivity contribution in [2.75, 3.05) is 27.3 Å². The molecular formula is C21H27NO4. The number of likely N-dealkylation sites (N-methyl/N-ethyl adjacent to an activating group) is 1. The number of ether oxygens (including phenoxy) is 3. The number of likely N-dealkylation sites (tertiary alicyclic amines) is 1. The van der Waals surface area contributed by atoms with Crippen molar-refractivity contribution in [1.29, 1.82) is 0 Å². The molecule has 5 nitrogen and oxygen atoms in total. The summed E-state index contributed by atoms with van der Waals surface area (Å²) in [5, 5.41) is 0. The third-order valence-corrected chi connectivity index (χ3v) is 7.68. The van der Waals surface area contributed by atoms with E-state index in [-0.39, 0.29) is 17.4 Å². The molecule has 0 N–H and O–H groups in total. The van der Waals surface area contributed by atoms with Crippen LogP contribution in [0.2, 0.25) is 0 Å². The van der Waals surface area contributed by atoms with Gasteiger partial charge in [-0.1, -0.05) is 6.07 Å². The number of carbonyl (C=O) groups excluding carboxylic acids is 1. The fourth-order valence-corrected chi connectivity index (χ4v) is 6.66. The summed E-state index contributed by atoms with van der Waals surface area (Å²) in [6.07, 6.45) is 3.07. The van der Waals surface area contributed by atoms with Gasteiger partial charge in [-0.05, 0) is 58.3 Å². The van der Waals surface area contributed by atoms with Crippen molar-refractivity contribution in [3.05, 3.63) is 23.3 Å². The van der Waals surface area contributed by atoms with Crippen LogP contribution in [0, 0.1) is 0 Å². The van der Waals surface area contributed by atoms with Gasteiger partial charge in [-0.15, -0.1) is 0 Å². The standard InChI is InChI=1S/C21H27NO4/c1-5-25-21-9-8-16(23)19(2)20(21)10-11-22(3)15(21)12-13-6-7-14(24-4)18(26-19)17(13)20/h6-7,15H,5,8-12H2,1-4H3/t15-,19?,20+,21-/m1/s1. The molecule has 2 aliphatic carbocycles. The van der Waals surface area contributed by atoms with Crippen LogP contribution in [-0.2, 0) is 21.4 Å². The van der Waals surface area contributed by atoms with Crippen molar-refractivity contribution in [2.24, 2.45) is 0 Å². The third kappa shape index (κ3) is 1.51. The summed E-state index contributed by atoms with van der Waals surface area (Å²) >= 11 is 0. The maximum Gasteiger partial charge on any atom is 0.177 e. The number of rotatable bonds is 3. The van der Waals surface area contributed by atoms with Crippen molar-refractivity contribution in [3.63, 3.8) is 0 Å². The fraction of sp³-hybridized carbons (Fsp3) is 0.667. The number of nitrogens with zero attached hydrogens (tertiary/aromatic N) is 1. The van der Waals surface area contributed by atoms with E-state index in [4.69, 9.17) is 14.2 Å². The van der Waals surface area contributed by atoms with Crippen LogP contribution in [0.1, 0.15) is 44.2 Å². The summed E-state index contributed by atoms with van der Waals surface area (Å²) < 4.78 is 18.8. The summed E-state index contributed by atoms with van der Waals surface area (Å²) in [6, 6.07) is 4.41. The molecular weight excluding hydrogens is 330 g/mol. The molecule has 5 heteroatoms. The highest BCUT2D eigenvalue weighted by Crippen LogP contribution is 2.69. The van der Waals surface area contributed by atoms with E-state index in [1.54, 1.807) is 7.11 Å². The van der Waals surface area contributed by atoms with Gasteiger partial charge in [-0.2, -0.15) is 0 Å². The van der Waals surface area contributed by atoms with Crippen molar-refractivity contribution >= 4 is 5.78 Å². The minimum atomic E-state index is -0.883. The van der Waals surface area contributed by atoms with Gasteiger partial charge in [0.1, 0.15) is 0 Å². The maximum atomic E-state index is 13.2. The number of ketones is 1. The van der Waals surface area contributed by atoms with Crippen LogP contribution in [0.5, 0.6) is 11.5 Å². The van der Waals surface area contributed by atoms with Crippen LogP contribution in [0.25, 0.3) is 0 Å². The summed E-state index contributed by atoms with van der Waals surface area (Å²) in [4.78, 5) is 15.7. The highest BCUT2D eigenvalue weighted by atomic mass is 16.5. The molecule has 1 saturated heterocycles. The molecule has 26 heavy (non-hydrogen) atoms. The first-order valence-electron chi connectivity index (χ1n) is 9.72. The van der Waals surface area contributed by atoms with Crippen LogP contribution in [0.3, 0.4) is 0 Å². The molecule has 1 saturated carbocycles. The Hall–Kier alpha value is -1.59. The Morgan fingerprint density at radius 3 is 2.88 bits per heavy atom. The lowest BCUT2D eigenvalue weighted by Gasteiger charge is -2.66. The minimum absolute atomic E-state index is 0.197. The zero-order valence-electron chi connectivity index (χ0n) is 16.1. The largest absolute Gasteiger partial charge is 0.493 e. The Kier molecular flexibility index (Phi) is 3.20. The molecule has 5 rings (SSSR count). The number of hydrogen-bond donors (Lipinski definition) is 0. The molecule has 4 atom stereocenters. The predicted molar refractivity (Wildman–Crippen MR) is 97.0 cm³/mol. The fourth-order valence-electron chi connectivity index (χ4n) is 6.66. The molecule has 2 bridgehead atoms. The van der Waals surface area contributed by atoms with E-state index in [1.807, 2.05) is 13.0 Å². The molecule has 1 aromatic rings. The topological polar surface area (TPSA) is 48.0 Å². The molecule has 140 valence electrons. The molecule has 0 radical (unpaired) electrons. The molecule has 1 aromatic carbocycles. The number of carbonyl (C=O) groups is 1. The van der Waals surface area contributed by atoms with Crippen molar-refractivity contribution < 1.29 is 19.0 Å². The van der Waals surface area contributed by atoms with Gasteiger partial charge in [0.2, 0.25) is 0 Å². The average Bonchev–Trinajstić information content (AvgIpc) is 2.91. The van der Waals surface area contributed by atoms with E-state index in [1.165, 1.54) is 11.1 Å². The number of Topliss-reactive ketones (excluding diaryl/α,β-unsaturated/α-hetero) is 1. The Labute approximate surface area is 154 Å². The Morgan fingerprint density at radius 1 is 1.35 bits per heavy atom. The second-order valence-electron chi connectivity index (χ2n) is 8.37. The van der Waals surface area contributed by atoms with Gasteiger partial charge in [-0.3, -0.25) is 4.79 Å². The van der Waals surface area contributed by atoms with Gasteiger partial charge >= 0.3 is 0 Å². The van der Waals surface area contributed by atoms with E-state index >= 15 is 0 Å². The van der Waals surface area contributed by atoms with E-state index in [9.17, 15) is 4.79 Å². The predicted octanol–water partition coefficient (Wildman–Crippen LogP) is 2.48. The first kappa shape index (κ1) is 16.6. The molecule has 1 spiro atoms. The average molecular weight is 357 g/mol. The normalized spacial score (nSPS) is 40.2. The highest BCUT2D eigenvalue weighted by Gasteiger charge is 2.78. The number of methoxy groups -OCH3 is 1. The minimum Gasteiger partial charge on any atom is -0.493 e.